The zero-order valence-corrected chi connectivity index (χ0v) is 15.6. The number of hydrogen-bond donors (Lipinski definition) is 1. The fourth-order valence-electron chi connectivity index (χ4n) is 3.34. The van der Waals surface area contributed by atoms with Crippen molar-refractivity contribution in [2.45, 2.75) is 39.2 Å². The van der Waals surface area contributed by atoms with Crippen LogP contribution in [0.2, 0.25) is 0 Å². The highest BCUT2D eigenvalue weighted by molar-refractivity contribution is 7.88. The van der Waals surface area contributed by atoms with Crippen LogP contribution in [-0.4, -0.2) is 44.0 Å². The molecule has 7 heteroatoms. The summed E-state index contributed by atoms with van der Waals surface area (Å²) in [5, 5.41) is 3.92. The van der Waals surface area contributed by atoms with Crippen LogP contribution in [0.5, 0.6) is 0 Å². The van der Waals surface area contributed by atoms with Gasteiger partial charge >= 0.3 is 0 Å². The first-order chi connectivity index (χ1) is 11.8. The van der Waals surface area contributed by atoms with Gasteiger partial charge in [-0.3, -0.25) is 4.79 Å². The molecule has 0 bridgehead atoms. The first-order valence-corrected chi connectivity index (χ1v) is 10.3. The molecule has 1 aromatic carbocycles. The lowest BCUT2D eigenvalue weighted by Gasteiger charge is -2.31. The maximum Gasteiger partial charge on any atom is 0.224 e. The number of nitrogens with one attached hydrogen (secondary N) is 1. The number of furan rings is 1. The average Bonchev–Trinajstić information content (AvgIpc) is 2.94. The second-order valence-electron chi connectivity index (χ2n) is 6.85. The van der Waals surface area contributed by atoms with E-state index >= 15 is 0 Å². The van der Waals surface area contributed by atoms with Crippen LogP contribution in [0.25, 0.3) is 11.0 Å². The van der Waals surface area contributed by atoms with Crippen molar-refractivity contribution >= 4 is 26.9 Å². The molecule has 1 aliphatic heterocycles. The van der Waals surface area contributed by atoms with Gasteiger partial charge in [0.2, 0.25) is 15.9 Å². The zero-order valence-electron chi connectivity index (χ0n) is 14.8. The molecule has 3 rings (SSSR count). The molecule has 0 unspecified atom stereocenters. The Kier molecular flexibility index (Phi) is 4.88. The molecule has 6 nitrogen and oxygen atoms in total. The van der Waals surface area contributed by atoms with Gasteiger partial charge in [-0.1, -0.05) is 12.1 Å². The molecule has 0 radical (unpaired) electrons. The first kappa shape index (κ1) is 17.9. The van der Waals surface area contributed by atoms with Crippen molar-refractivity contribution in [3.63, 3.8) is 0 Å². The van der Waals surface area contributed by atoms with Crippen molar-refractivity contribution in [2.75, 3.05) is 19.3 Å². The number of piperidine rings is 1. The Morgan fingerprint density at radius 1 is 1.36 bits per heavy atom. The van der Waals surface area contributed by atoms with Crippen LogP contribution in [0.3, 0.4) is 0 Å². The van der Waals surface area contributed by atoms with E-state index in [1.807, 2.05) is 26.0 Å². The zero-order chi connectivity index (χ0) is 18.2. The van der Waals surface area contributed by atoms with E-state index in [4.69, 9.17) is 4.42 Å². The summed E-state index contributed by atoms with van der Waals surface area (Å²) in [7, 11) is -3.22. The van der Waals surface area contributed by atoms with E-state index in [1.54, 1.807) is 6.26 Å². The molecule has 1 aromatic heterocycles. The van der Waals surface area contributed by atoms with Crippen LogP contribution in [0.1, 0.15) is 29.5 Å². The molecule has 0 spiro atoms. The number of hydrogen-bond acceptors (Lipinski definition) is 4. The average molecular weight is 364 g/mol. The van der Waals surface area contributed by atoms with Crippen LogP contribution < -0.4 is 5.32 Å². The topological polar surface area (TPSA) is 79.6 Å². The second-order valence-corrected chi connectivity index (χ2v) is 8.83. The minimum Gasteiger partial charge on any atom is -0.464 e. The lowest BCUT2D eigenvalue weighted by molar-refractivity contribution is -0.121. The van der Waals surface area contributed by atoms with Gasteiger partial charge in [0.05, 0.1) is 18.9 Å². The third-order valence-corrected chi connectivity index (χ3v) is 6.18. The van der Waals surface area contributed by atoms with E-state index in [1.165, 1.54) is 10.6 Å². The molecule has 1 aliphatic rings. The number of carbonyl (C=O) groups is 1. The van der Waals surface area contributed by atoms with E-state index in [9.17, 15) is 13.2 Å². The van der Waals surface area contributed by atoms with Crippen molar-refractivity contribution in [1.82, 2.24) is 9.62 Å². The minimum atomic E-state index is -3.22. The molecule has 0 aliphatic carbocycles. The van der Waals surface area contributed by atoms with Crippen molar-refractivity contribution in [1.29, 1.82) is 0 Å². The lowest BCUT2D eigenvalue weighted by atomic mass is 10.0. The number of nitrogens with zero attached hydrogens (tertiary/aromatic N) is 1. The summed E-state index contributed by atoms with van der Waals surface area (Å²) in [6.45, 7) is 4.90. The third kappa shape index (κ3) is 3.88. The molecule has 2 aromatic rings. The van der Waals surface area contributed by atoms with Gasteiger partial charge in [0.15, 0.2) is 0 Å². The summed E-state index contributed by atoms with van der Waals surface area (Å²) in [5.74, 6) is -0.110. The van der Waals surface area contributed by atoms with Crippen LogP contribution in [-0.2, 0) is 21.2 Å². The van der Waals surface area contributed by atoms with Crippen molar-refractivity contribution < 1.29 is 17.6 Å². The van der Waals surface area contributed by atoms with E-state index in [2.05, 4.69) is 5.32 Å². The molecule has 1 amide bonds. The molecule has 1 saturated heterocycles. The molecular weight excluding hydrogens is 340 g/mol. The molecule has 1 N–H and O–H groups in total. The Morgan fingerprint density at radius 2 is 2.12 bits per heavy atom. The van der Waals surface area contributed by atoms with E-state index in [-0.39, 0.29) is 18.4 Å². The van der Waals surface area contributed by atoms with E-state index < -0.39 is 10.0 Å². The van der Waals surface area contributed by atoms with Gasteiger partial charge in [-0.2, -0.15) is 0 Å². The Hall–Kier alpha value is -1.86. The Morgan fingerprint density at radius 3 is 2.84 bits per heavy atom. The van der Waals surface area contributed by atoms with E-state index in [0.29, 0.717) is 13.1 Å². The smallest absolute Gasteiger partial charge is 0.224 e. The Balaban J connectivity index is 1.68. The maximum absolute atomic E-state index is 12.4. The molecule has 25 heavy (non-hydrogen) atoms. The van der Waals surface area contributed by atoms with Gasteiger partial charge < -0.3 is 9.73 Å². The monoisotopic (exact) mass is 364 g/mol. The number of benzene rings is 1. The number of sulfonamides is 1. The van der Waals surface area contributed by atoms with Gasteiger partial charge in [0.25, 0.3) is 0 Å². The maximum atomic E-state index is 12.4. The summed E-state index contributed by atoms with van der Waals surface area (Å²) >= 11 is 0. The summed E-state index contributed by atoms with van der Waals surface area (Å²) < 4.78 is 30.4. The van der Waals surface area contributed by atoms with Crippen molar-refractivity contribution in [2.24, 2.45) is 0 Å². The van der Waals surface area contributed by atoms with Gasteiger partial charge in [-0.15, -0.1) is 0 Å². The van der Waals surface area contributed by atoms with Crippen LogP contribution in [0.4, 0.5) is 0 Å². The normalized spacial score (nSPS) is 19.2. The highest BCUT2D eigenvalue weighted by atomic mass is 32.2. The predicted octanol–water partition coefficient (Wildman–Crippen LogP) is 2.13. The van der Waals surface area contributed by atoms with Crippen LogP contribution in [0, 0.1) is 13.8 Å². The molecule has 1 atom stereocenters. The van der Waals surface area contributed by atoms with Gasteiger partial charge in [0, 0.05) is 30.1 Å². The highest BCUT2D eigenvalue weighted by Gasteiger charge is 2.27. The quantitative estimate of drug-likeness (QED) is 0.901. The third-order valence-electron chi connectivity index (χ3n) is 4.91. The fourth-order valence-corrected chi connectivity index (χ4v) is 4.25. The summed E-state index contributed by atoms with van der Waals surface area (Å²) in [5.41, 5.74) is 3.91. The number of fused-ring (bicyclic) bond motifs is 1. The largest absolute Gasteiger partial charge is 0.464 e. The van der Waals surface area contributed by atoms with Crippen LogP contribution in [0.15, 0.2) is 22.8 Å². The van der Waals surface area contributed by atoms with Crippen molar-refractivity contribution in [3.8, 4) is 0 Å². The lowest BCUT2D eigenvalue weighted by Crippen LogP contribution is -2.49. The number of rotatable bonds is 4. The fraction of sp³-hybridized carbons (Fsp3) is 0.500. The van der Waals surface area contributed by atoms with Gasteiger partial charge in [-0.05, 0) is 37.8 Å². The minimum absolute atomic E-state index is 0.110. The summed E-state index contributed by atoms with van der Waals surface area (Å²) in [4.78, 5) is 12.4. The standard InChI is InChI=1S/C18H24N2O4S/c1-12-6-7-16-14(11-24-18(16)13(12)2)9-17(21)19-15-5-4-8-20(10-15)25(3,22)23/h6-7,11,15H,4-5,8-10H2,1-3H3,(H,19,21)/t15-/m1/s1. The molecule has 0 saturated carbocycles. The Labute approximate surface area is 148 Å². The van der Waals surface area contributed by atoms with Crippen molar-refractivity contribution in [3.05, 3.63) is 35.1 Å². The highest BCUT2D eigenvalue weighted by Crippen LogP contribution is 2.26. The molecule has 2 heterocycles. The number of amides is 1. The molecule has 136 valence electrons. The SMILES string of the molecule is Cc1ccc2c(CC(=O)N[C@@H]3CCCN(S(C)(=O)=O)C3)coc2c1C. The Bertz CT molecular complexity index is 901. The predicted molar refractivity (Wildman–Crippen MR) is 97.0 cm³/mol. The number of carbonyl (C=O) groups excluding carboxylic acids is 1. The second kappa shape index (κ2) is 6.80. The number of aryl methyl sites for hydroxylation is 2. The van der Waals surface area contributed by atoms with E-state index in [0.717, 1.165) is 40.5 Å². The van der Waals surface area contributed by atoms with Gasteiger partial charge in [-0.25, -0.2) is 12.7 Å². The first-order valence-electron chi connectivity index (χ1n) is 8.46. The van der Waals surface area contributed by atoms with Crippen LogP contribution >= 0.6 is 0 Å². The molecule has 1 fully saturated rings. The molecular formula is C18H24N2O4S. The summed E-state index contributed by atoms with van der Waals surface area (Å²) in [6.07, 6.45) is 4.62. The summed E-state index contributed by atoms with van der Waals surface area (Å²) in [6, 6.07) is 3.87. The van der Waals surface area contributed by atoms with Gasteiger partial charge in [0.1, 0.15) is 5.58 Å².